The van der Waals surface area contributed by atoms with Gasteiger partial charge in [-0.1, -0.05) is 6.92 Å². The first-order valence-electron chi connectivity index (χ1n) is 6.64. The Kier molecular flexibility index (Phi) is 5.28. The Bertz CT molecular complexity index is 384. The third-order valence-corrected chi connectivity index (χ3v) is 5.80. The van der Waals surface area contributed by atoms with E-state index in [4.69, 9.17) is 5.73 Å². The molecule has 0 spiro atoms. The summed E-state index contributed by atoms with van der Waals surface area (Å²) >= 11 is 0. The van der Waals surface area contributed by atoms with Gasteiger partial charge in [0.15, 0.2) is 0 Å². The standard InChI is InChI=1S/C12H22F3NO2S/c1-2-19(17,18)9-3-6-11(16)7-4-10(5-8-11)12(13,14)15/h10H,2-9,16H2,1H3. The lowest BCUT2D eigenvalue weighted by atomic mass is 9.75. The fourth-order valence-corrected chi connectivity index (χ4v) is 3.43. The first kappa shape index (κ1) is 16.8. The van der Waals surface area contributed by atoms with Crippen molar-refractivity contribution in [2.45, 2.75) is 57.2 Å². The molecule has 7 heteroatoms. The Labute approximate surface area is 112 Å². The lowest BCUT2D eigenvalue weighted by molar-refractivity contribution is -0.184. The van der Waals surface area contributed by atoms with Crippen molar-refractivity contribution in [3.05, 3.63) is 0 Å². The number of sulfone groups is 1. The second kappa shape index (κ2) is 5.99. The molecule has 1 aliphatic rings. The van der Waals surface area contributed by atoms with Crippen LogP contribution in [0.25, 0.3) is 0 Å². The van der Waals surface area contributed by atoms with Gasteiger partial charge in [0.25, 0.3) is 0 Å². The van der Waals surface area contributed by atoms with Gasteiger partial charge in [-0.25, -0.2) is 8.42 Å². The van der Waals surface area contributed by atoms with Crippen LogP contribution in [0.4, 0.5) is 13.2 Å². The summed E-state index contributed by atoms with van der Waals surface area (Å²) in [5.41, 5.74) is 5.45. The molecule has 0 heterocycles. The lowest BCUT2D eigenvalue weighted by Crippen LogP contribution is -2.45. The zero-order valence-electron chi connectivity index (χ0n) is 11.2. The van der Waals surface area contributed by atoms with Gasteiger partial charge in [-0.05, 0) is 38.5 Å². The summed E-state index contributed by atoms with van der Waals surface area (Å²) in [5.74, 6) is -1.07. The molecule has 0 atom stereocenters. The number of hydrogen-bond donors (Lipinski definition) is 1. The highest BCUT2D eigenvalue weighted by Gasteiger charge is 2.44. The number of halogens is 3. The average Bonchev–Trinajstić information content (AvgIpc) is 2.28. The molecule has 1 aliphatic carbocycles. The maximum absolute atomic E-state index is 12.5. The molecule has 0 unspecified atom stereocenters. The summed E-state index contributed by atoms with van der Waals surface area (Å²) in [4.78, 5) is 0. The normalized spacial score (nSPS) is 29.4. The second-order valence-electron chi connectivity index (χ2n) is 5.52. The largest absolute Gasteiger partial charge is 0.391 e. The Balaban J connectivity index is 2.40. The Morgan fingerprint density at radius 2 is 1.79 bits per heavy atom. The fourth-order valence-electron chi connectivity index (χ4n) is 2.56. The quantitative estimate of drug-likeness (QED) is 0.849. The highest BCUT2D eigenvalue weighted by molar-refractivity contribution is 7.91. The van der Waals surface area contributed by atoms with Crippen LogP contribution in [0.5, 0.6) is 0 Å². The Morgan fingerprint density at radius 3 is 2.21 bits per heavy atom. The van der Waals surface area contributed by atoms with Gasteiger partial charge in [-0.15, -0.1) is 0 Å². The van der Waals surface area contributed by atoms with Crippen molar-refractivity contribution < 1.29 is 21.6 Å². The minimum Gasteiger partial charge on any atom is -0.325 e. The topological polar surface area (TPSA) is 60.2 Å². The van der Waals surface area contributed by atoms with Crippen molar-refractivity contribution in [3.8, 4) is 0 Å². The molecule has 114 valence electrons. The molecular weight excluding hydrogens is 279 g/mol. The van der Waals surface area contributed by atoms with Crippen LogP contribution < -0.4 is 5.73 Å². The first-order chi connectivity index (χ1) is 8.58. The summed E-state index contributed by atoms with van der Waals surface area (Å²) in [7, 11) is -3.02. The summed E-state index contributed by atoms with van der Waals surface area (Å²) in [6.07, 6.45) is -2.46. The first-order valence-corrected chi connectivity index (χ1v) is 8.46. The number of alkyl halides is 3. The van der Waals surface area contributed by atoms with E-state index in [0.717, 1.165) is 0 Å². The third-order valence-electron chi connectivity index (χ3n) is 4.01. The second-order valence-corrected chi connectivity index (χ2v) is 7.99. The van der Waals surface area contributed by atoms with E-state index in [1.54, 1.807) is 6.92 Å². The maximum atomic E-state index is 12.5. The van der Waals surface area contributed by atoms with Gasteiger partial charge in [0.1, 0.15) is 9.84 Å². The molecular formula is C12H22F3NO2S. The highest BCUT2D eigenvalue weighted by Crippen LogP contribution is 2.41. The van der Waals surface area contributed by atoms with E-state index in [2.05, 4.69) is 0 Å². The van der Waals surface area contributed by atoms with E-state index < -0.39 is 27.5 Å². The zero-order valence-corrected chi connectivity index (χ0v) is 12.0. The third kappa shape index (κ3) is 5.30. The molecule has 0 aromatic carbocycles. The summed E-state index contributed by atoms with van der Waals surface area (Å²) < 4.78 is 60.3. The van der Waals surface area contributed by atoms with Crippen LogP contribution in [0, 0.1) is 5.92 Å². The van der Waals surface area contributed by atoms with Crippen molar-refractivity contribution in [3.63, 3.8) is 0 Å². The van der Waals surface area contributed by atoms with Crippen molar-refractivity contribution in [1.29, 1.82) is 0 Å². The van der Waals surface area contributed by atoms with Gasteiger partial charge >= 0.3 is 6.18 Å². The molecule has 0 amide bonds. The molecule has 0 aliphatic heterocycles. The molecule has 19 heavy (non-hydrogen) atoms. The van der Waals surface area contributed by atoms with Crippen molar-refractivity contribution in [1.82, 2.24) is 0 Å². The van der Waals surface area contributed by atoms with Crippen LogP contribution in [0.3, 0.4) is 0 Å². The van der Waals surface area contributed by atoms with Gasteiger partial charge < -0.3 is 5.73 Å². The minimum atomic E-state index is -4.13. The molecule has 0 bridgehead atoms. The minimum absolute atomic E-state index is 0.0561. The van der Waals surface area contributed by atoms with Crippen molar-refractivity contribution in [2.75, 3.05) is 11.5 Å². The van der Waals surface area contributed by atoms with Crippen LogP contribution in [0.15, 0.2) is 0 Å². The summed E-state index contributed by atoms with van der Waals surface area (Å²) in [6, 6.07) is 0. The SMILES string of the molecule is CCS(=O)(=O)CCCC1(N)CCC(C(F)(F)F)CC1. The fraction of sp³-hybridized carbons (Fsp3) is 1.00. The van der Waals surface area contributed by atoms with Crippen LogP contribution in [0.2, 0.25) is 0 Å². The van der Waals surface area contributed by atoms with Gasteiger partial charge in [-0.3, -0.25) is 0 Å². The van der Waals surface area contributed by atoms with Gasteiger partial charge in [0.2, 0.25) is 0 Å². The van der Waals surface area contributed by atoms with E-state index in [9.17, 15) is 21.6 Å². The molecule has 3 nitrogen and oxygen atoms in total. The maximum Gasteiger partial charge on any atom is 0.391 e. The molecule has 0 aromatic heterocycles. The predicted octanol–water partition coefficient (Wildman–Crippen LogP) is 2.65. The number of nitrogens with two attached hydrogens (primary N) is 1. The van der Waals surface area contributed by atoms with E-state index in [1.165, 1.54) is 0 Å². The molecule has 1 saturated carbocycles. The zero-order chi connectivity index (χ0) is 14.7. The molecule has 0 saturated heterocycles. The van der Waals surface area contributed by atoms with Crippen molar-refractivity contribution >= 4 is 9.84 Å². The van der Waals surface area contributed by atoms with Crippen molar-refractivity contribution in [2.24, 2.45) is 11.7 Å². The Hall–Kier alpha value is -0.300. The van der Waals surface area contributed by atoms with Crippen LogP contribution in [0.1, 0.15) is 45.4 Å². The van der Waals surface area contributed by atoms with E-state index in [1.807, 2.05) is 0 Å². The van der Waals surface area contributed by atoms with Crippen LogP contribution in [-0.4, -0.2) is 31.6 Å². The number of rotatable bonds is 5. The van der Waals surface area contributed by atoms with E-state index >= 15 is 0 Å². The number of hydrogen-bond acceptors (Lipinski definition) is 3. The smallest absolute Gasteiger partial charge is 0.325 e. The highest BCUT2D eigenvalue weighted by atomic mass is 32.2. The van der Waals surface area contributed by atoms with E-state index in [0.29, 0.717) is 25.7 Å². The van der Waals surface area contributed by atoms with Gasteiger partial charge in [0.05, 0.1) is 11.7 Å². The van der Waals surface area contributed by atoms with E-state index in [-0.39, 0.29) is 24.3 Å². The van der Waals surface area contributed by atoms with Crippen LogP contribution in [-0.2, 0) is 9.84 Å². The molecule has 0 radical (unpaired) electrons. The van der Waals surface area contributed by atoms with Gasteiger partial charge in [-0.2, -0.15) is 13.2 Å². The average molecular weight is 301 g/mol. The molecule has 1 rings (SSSR count). The molecule has 2 N–H and O–H groups in total. The Morgan fingerprint density at radius 1 is 1.26 bits per heavy atom. The monoisotopic (exact) mass is 301 g/mol. The molecule has 1 fully saturated rings. The lowest BCUT2D eigenvalue weighted by Gasteiger charge is -2.37. The molecule has 0 aromatic rings. The van der Waals surface area contributed by atoms with Crippen LogP contribution >= 0.6 is 0 Å². The summed E-state index contributed by atoms with van der Waals surface area (Å²) in [6.45, 7) is 1.59. The summed E-state index contributed by atoms with van der Waals surface area (Å²) in [5, 5.41) is 0. The predicted molar refractivity (Wildman–Crippen MR) is 68.5 cm³/mol. The van der Waals surface area contributed by atoms with Gasteiger partial charge in [0, 0.05) is 11.3 Å².